The van der Waals surface area contributed by atoms with Crippen LogP contribution in [0.1, 0.15) is 36.4 Å². The maximum absolute atomic E-state index is 11.5. The highest BCUT2D eigenvalue weighted by atomic mass is 32.1. The minimum Gasteiger partial charge on any atom is -0.355 e. The van der Waals surface area contributed by atoms with E-state index in [2.05, 4.69) is 15.7 Å². The molecule has 0 bridgehead atoms. The second kappa shape index (κ2) is 5.14. The molecule has 1 aromatic rings. The summed E-state index contributed by atoms with van der Waals surface area (Å²) >= 11 is 1.71. The van der Waals surface area contributed by atoms with E-state index in [4.69, 9.17) is 5.73 Å². The van der Waals surface area contributed by atoms with E-state index in [1.807, 2.05) is 6.92 Å². The zero-order valence-corrected chi connectivity index (χ0v) is 11.0. The average molecular weight is 253 g/mol. The Labute approximate surface area is 106 Å². The summed E-state index contributed by atoms with van der Waals surface area (Å²) in [5, 5.41) is 6.15. The Morgan fingerprint density at radius 2 is 2.35 bits per heavy atom. The summed E-state index contributed by atoms with van der Waals surface area (Å²) < 4.78 is 0. The Kier molecular flexibility index (Phi) is 3.79. The molecule has 0 aliphatic heterocycles. The second-order valence-corrected chi connectivity index (χ2v) is 5.69. The summed E-state index contributed by atoms with van der Waals surface area (Å²) in [6.07, 6.45) is 4.71. The molecule has 17 heavy (non-hydrogen) atoms. The van der Waals surface area contributed by atoms with Crippen molar-refractivity contribution in [1.82, 2.24) is 10.3 Å². The highest BCUT2D eigenvalue weighted by molar-refractivity contribution is 7.09. The van der Waals surface area contributed by atoms with Gasteiger partial charge in [-0.15, -0.1) is 11.3 Å². The zero-order valence-electron chi connectivity index (χ0n) is 10.2. The number of hydrogen-bond acceptors (Lipinski definition) is 4. The molecule has 1 aliphatic rings. The van der Waals surface area contributed by atoms with Crippen LogP contribution in [0.5, 0.6) is 0 Å². The summed E-state index contributed by atoms with van der Waals surface area (Å²) in [5.41, 5.74) is 6.34. The van der Waals surface area contributed by atoms with E-state index in [9.17, 15) is 4.79 Å². The van der Waals surface area contributed by atoms with Crippen molar-refractivity contribution in [3.63, 3.8) is 0 Å². The van der Waals surface area contributed by atoms with Gasteiger partial charge in [-0.3, -0.25) is 4.79 Å². The third-order valence-electron chi connectivity index (χ3n) is 3.01. The Morgan fingerprint density at radius 1 is 1.59 bits per heavy atom. The van der Waals surface area contributed by atoms with Crippen LogP contribution >= 0.6 is 11.3 Å². The Balaban J connectivity index is 1.56. The number of hydrogen-bond donors (Lipinski definition) is 2. The molecule has 1 fully saturated rings. The Hall–Kier alpha value is -0.940. The van der Waals surface area contributed by atoms with Gasteiger partial charge in [0, 0.05) is 17.6 Å². The fourth-order valence-corrected chi connectivity index (χ4v) is 2.48. The standard InChI is InChI=1S/C12H19N3OS/c1-9-8-17-10(15-9)4-2-3-7-14-11(16)12(13)5-6-12/h8H,2-7,13H2,1H3,(H,14,16). The van der Waals surface area contributed by atoms with Gasteiger partial charge >= 0.3 is 0 Å². The largest absolute Gasteiger partial charge is 0.355 e. The van der Waals surface area contributed by atoms with Crippen LogP contribution in [0, 0.1) is 6.92 Å². The molecule has 0 unspecified atom stereocenters. The van der Waals surface area contributed by atoms with E-state index in [0.29, 0.717) is 0 Å². The van der Waals surface area contributed by atoms with Crippen LogP contribution in [-0.2, 0) is 11.2 Å². The smallest absolute Gasteiger partial charge is 0.240 e. The van der Waals surface area contributed by atoms with Gasteiger partial charge in [0.2, 0.25) is 5.91 Å². The molecule has 1 saturated carbocycles. The average Bonchev–Trinajstić information content (AvgIpc) is 2.91. The molecule has 4 nitrogen and oxygen atoms in total. The quantitative estimate of drug-likeness (QED) is 0.753. The summed E-state index contributed by atoms with van der Waals surface area (Å²) in [4.78, 5) is 15.9. The molecular formula is C12H19N3OS. The molecule has 94 valence electrons. The number of nitrogens with zero attached hydrogens (tertiary/aromatic N) is 1. The first-order valence-electron chi connectivity index (χ1n) is 6.08. The van der Waals surface area contributed by atoms with Crippen LogP contribution in [0.2, 0.25) is 0 Å². The minimum absolute atomic E-state index is 0.0163. The first kappa shape index (κ1) is 12.5. The number of rotatable bonds is 6. The summed E-state index contributed by atoms with van der Waals surface area (Å²) in [6, 6.07) is 0. The monoisotopic (exact) mass is 253 g/mol. The van der Waals surface area contributed by atoms with Gasteiger partial charge in [0.25, 0.3) is 0 Å². The molecule has 0 saturated heterocycles. The van der Waals surface area contributed by atoms with Crippen LogP contribution in [-0.4, -0.2) is 23.0 Å². The number of nitrogens with two attached hydrogens (primary N) is 1. The van der Waals surface area contributed by atoms with Gasteiger partial charge in [-0.1, -0.05) is 0 Å². The van der Waals surface area contributed by atoms with Crippen LogP contribution in [0.4, 0.5) is 0 Å². The topological polar surface area (TPSA) is 68.0 Å². The highest BCUT2D eigenvalue weighted by Gasteiger charge is 2.45. The molecule has 5 heteroatoms. The van der Waals surface area contributed by atoms with Crippen molar-refractivity contribution in [2.45, 2.75) is 44.6 Å². The first-order valence-corrected chi connectivity index (χ1v) is 6.96. The second-order valence-electron chi connectivity index (χ2n) is 4.75. The lowest BCUT2D eigenvalue weighted by molar-refractivity contribution is -0.123. The zero-order chi connectivity index (χ0) is 12.3. The third kappa shape index (κ3) is 3.51. The summed E-state index contributed by atoms with van der Waals surface area (Å²) in [7, 11) is 0. The maximum Gasteiger partial charge on any atom is 0.240 e. The number of nitrogens with one attached hydrogen (secondary N) is 1. The number of aromatic nitrogens is 1. The van der Waals surface area contributed by atoms with Gasteiger partial charge < -0.3 is 11.1 Å². The molecule has 0 aromatic carbocycles. The number of amides is 1. The first-order chi connectivity index (χ1) is 8.10. The SMILES string of the molecule is Cc1csc(CCCCNC(=O)C2(N)CC2)n1. The van der Waals surface area contributed by atoms with Crippen molar-refractivity contribution in [2.24, 2.45) is 5.73 Å². The van der Waals surface area contributed by atoms with Gasteiger partial charge in [-0.2, -0.15) is 0 Å². The lowest BCUT2D eigenvalue weighted by atomic mass is 10.2. The predicted octanol–water partition coefficient (Wildman–Crippen LogP) is 1.38. The van der Waals surface area contributed by atoms with Gasteiger partial charge in [-0.25, -0.2) is 4.98 Å². The van der Waals surface area contributed by atoms with Gasteiger partial charge in [0.15, 0.2) is 0 Å². The van der Waals surface area contributed by atoms with Crippen molar-refractivity contribution in [3.8, 4) is 0 Å². The molecular weight excluding hydrogens is 234 g/mol. The molecule has 2 rings (SSSR count). The molecule has 0 atom stereocenters. The molecule has 1 amide bonds. The number of aryl methyl sites for hydroxylation is 2. The number of carbonyl (C=O) groups excluding carboxylic acids is 1. The fourth-order valence-electron chi connectivity index (χ4n) is 1.66. The van der Waals surface area contributed by atoms with Crippen molar-refractivity contribution >= 4 is 17.2 Å². The molecule has 0 radical (unpaired) electrons. The van der Waals surface area contributed by atoms with E-state index in [1.54, 1.807) is 11.3 Å². The normalized spacial score (nSPS) is 16.8. The van der Waals surface area contributed by atoms with Crippen molar-refractivity contribution in [2.75, 3.05) is 6.54 Å². The van der Waals surface area contributed by atoms with E-state index in [1.165, 1.54) is 5.01 Å². The lowest BCUT2D eigenvalue weighted by Crippen LogP contribution is -2.43. The molecule has 0 spiro atoms. The Bertz CT molecular complexity index is 398. The van der Waals surface area contributed by atoms with E-state index in [0.717, 1.165) is 44.3 Å². The van der Waals surface area contributed by atoms with Crippen LogP contribution in [0.3, 0.4) is 0 Å². The Morgan fingerprint density at radius 3 is 2.94 bits per heavy atom. The van der Waals surface area contributed by atoms with Crippen LogP contribution < -0.4 is 11.1 Å². The number of carbonyl (C=O) groups is 1. The third-order valence-corrected chi connectivity index (χ3v) is 4.04. The van der Waals surface area contributed by atoms with Crippen molar-refractivity contribution < 1.29 is 4.79 Å². The fraction of sp³-hybridized carbons (Fsp3) is 0.667. The van der Waals surface area contributed by atoms with Crippen molar-refractivity contribution in [3.05, 3.63) is 16.1 Å². The predicted molar refractivity (Wildman–Crippen MR) is 69.0 cm³/mol. The lowest BCUT2D eigenvalue weighted by Gasteiger charge is -2.09. The molecule has 1 aliphatic carbocycles. The van der Waals surface area contributed by atoms with E-state index >= 15 is 0 Å². The van der Waals surface area contributed by atoms with Gasteiger partial charge in [-0.05, 0) is 39.0 Å². The maximum atomic E-state index is 11.5. The highest BCUT2D eigenvalue weighted by Crippen LogP contribution is 2.31. The summed E-state index contributed by atoms with van der Waals surface area (Å²) in [6.45, 7) is 2.73. The van der Waals surface area contributed by atoms with Crippen LogP contribution in [0.15, 0.2) is 5.38 Å². The van der Waals surface area contributed by atoms with Gasteiger partial charge in [0.05, 0.1) is 10.5 Å². The number of thiazole rings is 1. The molecule has 3 N–H and O–H groups in total. The minimum atomic E-state index is -0.535. The number of unbranched alkanes of at least 4 members (excludes halogenated alkanes) is 1. The summed E-state index contributed by atoms with van der Waals surface area (Å²) in [5.74, 6) is 0.0163. The molecule has 1 heterocycles. The van der Waals surface area contributed by atoms with Gasteiger partial charge in [0.1, 0.15) is 0 Å². The molecule has 1 aromatic heterocycles. The van der Waals surface area contributed by atoms with E-state index in [-0.39, 0.29) is 5.91 Å². The van der Waals surface area contributed by atoms with E-state index < -0.39 is 5.54 Å². The van der Waals surface area contributed by atoms with Crippen LogP contribution in [0.25, 0.3) is 0 Å². The van der Waals surface area contributed by atoms with Crippen molar-refractivity contribution in [1.29, 1.82) is 0 Å².